The summed E-state index contributed by atoms with van der Waals surface area (Å²) in [5, 5.41) is 0.818. The number of esters is 1. The second-order valence-corrected chi connectivity index (χ2v) is 6.98. The lowest BCUT2D eigenvalue weighted by Gasteiger charge is -2.16. The lowest BCUT2D eigenvalue weighted by molar-refractivity contribution is -0.140. The third-order valence-electron chi connectivity index (χ3n) is 4.65. The van der Waals surface area contributed by atoms with Crippen LogP contribution < -0.4 is 10.4 Å². The summed E-state index contributed by atoms with van der Waals surface area (Å²) in [5.74, 6) is 0.254. The number of fused-ring (bicyclic) bond motifs is 1. The molecule has 0 N–H and O–H groups in total. The molecular formula is C24H24O5. The Labute approximate surface area is 169 Å². The molecule has 3 rings (SSSR count). The predicted molar refractivity (Wildman–Crippen MR) is 113 cm³/mol. The molecule has 0 saturated heterocycles. The van der Waals surface area contributed by atoms with Crippen molar-refractivity contribution in [2.24, 2.45) is 5.92 Å². The van der Waals surface area contributed by atoms with Crippen LogP contribution in [0.1, 0.15) is 20.3 Å². The molecule has 5 heteroatoms. The number of benzene rings is 2. The van der Waals surface area contributed by atoms with Gasteiger partial charge in [-0.3, -0.25) is 0 Å². The molecule has 150 valence electrons. The smallest absolute Gasteiger partial charge is 0.344 e. The molecule has 0 amide bonds. The number of hydrogen-bond donors (Lipinski definition) is 0. The maximum atomic E-state index is 12.4. The Morgan fingerprint density at radius 2 is 1.86 bits per heavy atom. The summed E-state index contributed by atoms with van der Waals surface area (Å²) in [6.45, 7) is 7.85. The van der Waals surface area contributed by atoms with Gasteiger partial charge in [0, 0.05) is 22.9 Å². The monoisotopic (exact) mass is 392 g/mol. The zero-order valence-corrected chi connectivity index (χ0v) is 16.6. The van der Waals surface area contributed by atoms with Gasteiger partial charge in [-0.05, 0) is 37.1 Å². The number of rotatable bonds is 8. The van der Waals surface area contributed by atoms with Crippen LogP contribution in [0.15, 0.2) is 76.0 Å². The highest BCUT2D eigenvalue weighted by molar-refractivity contribution is 5.87. The van der Waals surface area contributed by atoms with E-state index in [1.807, 2.05) is 55.5 Å². The fourth-order valence-corrected chi connectivity index (χ4v) is 2.81. The molecule has 5 nitrogen and oxygen atoms in total. The Morgan fingerprint density at radius 3 is 2.55 bits per heavy atom. The molecular weight excluding hydrogens is 368 g/mol. The molecule has 3 aromatic rings. The van der Waals surface area contributed by atoms with Crippen LogP contribution >= 0.6 is 0 Å². The summed E-state index contributed by atoms with van der Waals surface area (Å²) < 4.78 is 16.6. The van der Waals surface area contributed by atoms with Crippen LogP contribution in [0.4, 0.5) is 0 Å². The standard InChI is InChI=1S/C24H24O5/c1-4-17(15-28-23(25)16(2)3)14-27-20-11-10-19-12-21(18-8-6-5-7-9-18)24(26)29-22(19)13-20/h5-13,17H,2,4,14-15H2,1,3H3. The zero-order valence-electron chi connectivity index (χ0n) is 16.6. The number of carbonyl (C=O) groups is 1. The normalized spacial score (nSPS) is 11.8. The van der Waals surface area contributed by atoms with Crippen molar-refractivity contribution in [3.63, 3.8) is 0 Å². The van der Waals surface area contributed by atoms with Gasteiger partial charge in [0.25, 0.3) is 0 Å². The van der Waals surface area contributed by atoms with Crippen LogP contribution in [-0.2, 0) is 9.53 Å². The van der Waals surface area contributed by atoms with E-state index in [0.717, 1.165) is 17.4 Å². The Kier molecular flexibility index (Phi) is 6.50. The first kappa shape index (κ1) is 20.4. The summed E-state index contributed by atoms with van der Waals surface area (Å²) in [6, 6.07) is 16.7. The summed E-state index contributed by atoms with van der Waals surface area (Å²) in [4.78, 5) is 23.9. The van der Waals surface area contributed by atoms with Crippen LogP contribution in [0.25, 0.3) is 22.1 Å². The van der Waals surface area contributed by atoms with Gasteiger partial charge in [0.2, 0.25) is 0 Å². The van der Waals surface area contributed by atoms with E-state index in [9.17, 15) is 9.59 Å². The average Bonchev–Trinajstić information content (AvgIpc) is 2.73. The van der Waals surface area contributed by atoms with Crippen molar-refractivity contribution in [3.05, 3.63) is 77.2 Å². The fraction of sp³-hybridized carbons (Fsp3) is 0.250. The zero-order chi connectivity index (χ0) is 20.8. The summed E-state index contributed by atoms with van der Waals surface area (Å²) >= 11 is 0. The predicted octanol–water partition coefficient (Wildman–Crippen LogP) is 4.98. The van der Waals surface area contributed by atoms with Crippen molar-refractivity contribution in [1.82, 2.24) is 0 Å². The van der Waals surface area contributed by atoms with Crippen molar-refractivity contribution in [2.45, 2.75) is 20.3 Å². The molecule has 0 aliphatic rings. The molecule has 1 heterocycles. The van der Waals surface area contributed by atoms with E-state index in [2.05, 4.69) is 6.58 Å². The van der Waals surface area contributed by atoms with Gasteiger partial charge in [0.05, 0.1) is 18.8 Å². The molecule has 29 heavy (non-hydrogen) atoms. The molecule has 0 saturated carbocycles. The summed E-state index contributed by atoms with van der Waals surface area (Å²) in [6.07, 6.45) is 0.798. The van der Waals surface area contributed by atoms with Crippen molar-refractivity contribution in [3.8, 4) is 16.9 Å². The SMILES string of the molecule is C=C(C)C(=O)OCC(CC)COc1ccc2cc(-c3ccccc3)c(=O)oc2c1. The van der Waals surface area contributed by atoms with Crippen molar-refractivity contribution < 1.29 is 18.7 Å². The topological polar surface area (TPSA) is 65.7 Å². The number of ether oxygens (including phenoxy) is 2. The molecule has 1 unspecified atom stereocenters. The minimum atomic E-state index is -0.398. The van der Waals surface area contributed by atoms with Crippen LogP contribution in [0.5, 0.6) is 5.75 Å². The summed E-state index contributed by atoms with van der Waals surface area (Å²) in [5.41, 5.74) is 1.80. The Morgan fingerprint density at radius 1 is 1.10 bits per heavy atom. The lowest BCUT2D eigenvalue weighted by atomic mass is 10.1. The molecule has 0 aliphatic heterocycles. The van der Waals surface area contributed by atoms with Crippen molar-refractivity contribution in [1.29, 1.82) is 0 Å². The van der Waals surface area contributed by atoms with Crippen LogP contribution in [0, 0.1) is 5.92 Å². The lowest BCUT2D eigenvalue weighted by Crippen LogP contribution is -2.20. The van der Waals surface area contributed by atoms with Gasteiger partial charge in [0.1, 0.15) is 11.3 Å². The highest BCUT2D eigenvalue weighted by Gasteiger charge is 2.13. The van der Waals surface area contributed by atoms with Crippen LogP contribution in [-0.4, -0.2) is 19.2 Å². The van der Waals surface area contributed by atoms with Crippen molar-refractivity contribution in [2.75, 3.05) is 13.2 Å². The van der Waals surface area contributed by atoms with E-state index in [1.54, 1.807) is 13.0 Å². The van der Waals surface area contributed by atoms with Gasteiger partial charge in [-0.2, -0.15) is 0 Å². The van der Waals surface area contributed by atoms with Gasteiger partial charge < -0.3 is 13.9 Å². The minimum Gasteiger partial charge on any atom is -0.493 e. The first-order chi connectivity index (χ1) is 14.0. The van der Waals surface area contributed by atoms with Gasteiger partial charge in [-0.15, -0.1) is 0 Å². The minimum absolute atomic E-state index is 0.0569. The molecule has 0 radical (unpaired) electrons. The molecule has 1 atom stereocenters. The molecule has 0 bridgehead atoms. The second-order valence-electron chi connectivity index (χ2n) is 6.98. The Hall–Kier alpha value is -3.34. The number of carbonyl (C=O) groups excluding carboxylic acids is 1. The van der Waals surface area contributed by atoms with E-state index in [1.165, 1.54) is 0 Å². The Balaban J connectivity index is 1.72. The van der Waals surface area contributed by atoms with Gasteiger partial charge in [-0.25, -0.2) is 9.59 Å². The highest BCUT2D eigenvalue weighted by Crippen LogP contribution is 2.24. The molecule has 1 aromatic heterocycles. The fourth-order valence-electron chi connectivity index (χ4n) is 2.81. The van der Waals surface area contributed by atoms with E-state index >= 15 is 0 Å². The largest absolute Gasteiger partial charge is 0.493 e. The second kappa shape index (κ2) is 9.24. The van der Waals surface area contributed by atoms with Gasteiger partial charge >= 0.3 is 11.6 Å². The van der Waals surface area contributed by atoms with E-state index in [4.69, 9.17) is 13.9 Å². The van der Waals surface area contributed by atoms with Crippen LogP contribution in [0.2, 0.25) is 0 Å². The van der Waals surface area contributed by atoms with E-state index in [-0.39, 0.29) is 18.2 Å². The highest BCUT2D eigenvalue weighted by atomic mass is 16.5. The van der Waals surface area contributed by atoms with Gasteiger partial charge in [0.15, 0.2) is 0 Å². The van der Waals surface area contributed by atoms with Gasteiger partial charge in [-0.1, -0.05) is 43.8 Å². The van der Waals surface area contributed by atoms with E-state index in [0.29, 0.717) is 29.1 Å². The molecule has 0 aliphatic carbocycles. The first-order valence-corrected chi connectivity index (χ1v) is 9.56. The molecule has 0 spiro atoms. The Bertz CT molecular complexity index is 1070. The quantitative estimate of drug-likeness (QED) is 0.307. The van der Waals surface area contributed by atoms with E-state index < -0.39 is 5.97 Å². The third kappa shape index (κ3) is 5.13. The summed E-state index contributed by atoms with van der Waals surface area (Å²) in [7, 11) is 0. The third-order valence-corrected chi connectivity index (χ3v) is 4.65. The first-order valence-electron chi connectivity index (χ1n) is 9.56. The van der Waals surface area contributed by atoms with Crippen molar-refractivity contribution >= 4 is 16.9 Å². The van der Waals surface area contributed by atoms with Crippen LogP contribution in [0.3, 0.4) is 0 Å². The molecule has 2 aromatic carbocycles. The molecule has 0 fully saturated rings. The maximum Gasteiger partial charge on any atom is 0.344 e. The number of hydrogen-bond acceptors (Lipinski definition) is 5. The average molecular weight is 392 g/mol. The maximum absolute atomic E-state index is 12.4.